The normalized spacial score (nSPS) is 10.8. The van der Waals surface area contributed by atoms with Gasteiger partial charge < -0.3 is 19.9 Å². The summed E-state index contributed by atoms with van der Waals surface area (Å²) in [4.78, 5) is 8.22. The number of aromatic nitrogens is 4. The molecule has 0 aliphatic heterocycles. The van der Waals surface area contributed by atoms with Gasteiger partial charge in [0.2, 0.25) is 5.82 Å². The molecule has 7 heteroatoms. The molecule has 0 radical (unpaired) electrons. The third-order valence-corrected chi connectivity index (χ3v) is 2.77. The molecule has 7 nitrogen and oxygen atoms in total. The zero-order valence-corrected chi connectivity index (χ0v) is 10.1. The molecule has 19 heavy (non-hydrogen) atoms. The van der Waals surface area contributed by atoms with Crippen LogP contribution in [0.4, 0.5) is 5.69 Å². The molecule has 3 aromatic rings. The fourth-order valence-corrected chi connectivity index (χ4v) is 1.74. The quantitative estimate of drug-likeness (QED) is 0.531. The third kappa shape index (κ3) is 1.81. The monoisotopic (exact) mass is 257 g/mol. The molecule has 2 heterocycles. The second kappa shape index (κ2) is 4.13. The lowest BCUT2D eigenvalue weighted by atomic mass is 10.2. The lowest BCUT2D eigenvalue weighted by molar-refractivity contribution is 0.426. The van der Waals surface area contributed by atoms with E-state index < -0.39 is 0 Å². The van der Waals surface area contributed by atoms with Crippen LogP contribution in [0, 0.1) is 0 Å². The molecule has 0 saturated carbocycles. The van der Waals surface area contributed by atoms with Crippen molar-refractivity contribution in [1.82, 2.24) is 19.7 Å². The van der Waals surface area contributed by atoms with Crippen molar-refractivity contribution in [2.24, 2.45) is 7.05 Å². The second-order valence-corrected chi connectivity index (χ2v) is 4.06. The molecule has 0 aliphatic carbocycles. The minimum absolute atomic E-state index is 0.0669. The number of nitrogen functional groups attached to an aromatic ring is 1. The average Bonchev–Trinajstić information content (AvgIpc) is 3.01. The van der Waals surface area contributed by atoms with Crippen molar-refractivity contribution in [1.29, 1.82) is 0 Å². The number of rotatable bonds is 2. The Morgan fingerprint density at radius 1 is 1.37 bits per heavy atom. The summed E-state index contributed by atoms with van der Waals surface area (Å²) in [7, 11) is 1.83. The van der Waals surface area contributed by atoms with Crippen LogP contribution in [0.3, 0.4) is 0 Å². The second-order valence-electron chi connectivity index (χ2n) is 4.06. The number of aryl methyl sites for hydroxylation is 1. The van der Waals surface area contributed by atoms with Crippen LogP contribution in [-0.2, 0) is 7.05 Å². The summed E-state index contributed by atoms with van der Waals surface area (Å²) in [6.07, 6.45) is 3.27. The van der Waals surface area contributed by atoms with Crippen molar-refractivity contribution in [3.8, 4) is 28.7 Å². The molecular weight excluding hydrogens is 246 g/mol. The molecule has 0 saturated heterocycles. The van der Waals surface area contributed by atoms with Gasteiger partial charge in [-0.25, -0.2) is 4.98 Å². The summed E-state index contributed by atoms with van der Waals surface area (Å²) in [5.41, 5.74) is 7.02. The van der Waals surface area contributed by atoms with Crippen molar-refractivity contribution in [2.75, 3.05) is 5.73 Å². The lowest BCUT2D eigenvalue weighted by Crippen LogP contribution is -1.91. The van der Waals surface area contributed by atoms with E-state index in [4.69, 9.17) is 10.3 Å². The van der Waals surface area contributed by atoms with Crippen molar-refractivity contribution in [3.05, 3.63) is 30.7 Å². The fraction of sp³-hybridized carbons (Fsp3) is 0.0833. The minimum atomic E-state index is -0.0669. The fourth-order valence-electron chi connectivity index (χ4n) is 1.74. The molecular formula is C12H11N5O2. The molecule has 96 valence electrons. The average molecular weight is 257 g/mol. The summed E-state index contributed by atoms with van der Waals surface area (Å²) in [6.45, 7) is 0. The first-order chi connectivity index (χ1) is 9.16. The summed E-state index contributed by atoms with van der Waals surface area (Å²) >= 11 is 0. The molecule has 1 aromatic carbocycles. The predicted octanol–water partition coefficient (Wildman–Crippen LogP) is 1.42. The van der Waals surface area contributed by atoms with Gasteiger partial charge in [-0.05, 0) is 12.1 Å². The summed E-state index contributed by atoms with van der Waals surface area (Å²) in [5, 5.41) is 13.7. The Morgan fingerprint density at radius 2 is 2.21 bits per heavy atom. The molecule has 0 bridgehead atoms. The number of para-hydroxylation sites is 1. The number of phenols is 1. The smallest absolute Gasteiger partial charge is 0.262 e. The lowest BCUT2D eigenvalue weighted by Gasteiger charge is -2.01. The third-order valence-electron chi connectivity index (χ3n) is 2.77. The highest BCUT2D eigenvalue weighted by Gasteiger charge is 2.16. The van der Waals surface area contributed by atoms with Crippen molar-refractivity contribution < 1.29 is 9.63 Å². The number of anilines is 1. The highest BCUT2D eigenvalue weighted by Crippen LogP contribution is 2.33. The summed E-state index contributed by atoms with van der Waals surface area (Å²) < 4.78 is 6.92. The van der Waals surface area contributed by atoms with Gasteiger partial charge >= 0.3 is 0 Å². The van der Waals surface area contributed by atoms with Crippen LogP contribution in [0.2, 0.25) is 0 Å². The number of hydrogen-bond acceptors (Lipinski definition) is 6. The number of nitrogens with zero attached hydrogens (tertiary/aromatic N) is 4. The van der Waals surface area contributed by atoms with Crippen LogP contribution in [-0.4, -0.2) is 24.8 Å². The van der Waals surface area contributed by atoms with Crippen LogP contribution >= 0.6 is 0 Å². The van der Waals surface area contributed by atoms with Gasteiger partial charge in [0.1, 0.15) is 5.69 Å². The first kappa shape index (κ1) is 11.3. The topological polar surface area (TPSA) is 103 Å². The zero-order chi connectivity index (χ0) is 13.4. The number of phenolic OH excluding ortho intramolecular Hbond substituents is 1. The van der Waals surface area contributed by atoms with Gasteiger partial charge in [-0.1, -0.05) is 11.2 Å². The molecule has 0 amide bonds. The number of nitrogens with two attached hydrogens (primary N) is 1. The number of imidazole rings is 1. The Labute approximate surface area is 108 Å². The maximum absolute atomic E-state index is 9.88. The molecule has 0 spiro atoms. The Morgan fingerprint density at radius 3 is 2.95 bits per heavy atom. The van der Waals surface area contributed by atoms with Crippen LogP contribution in [0.5, 0.6) is 5.75 Å². The predicted molar refractivity (Wildman–Crippen MR) is 68.0 cm³/mol. The molecule has 0 atom stereocenters. The highest BCUT2D eigenvalue weighted by atomic mass is 16.5. The Kier molecular flexibility index (Phi) is 2.45. The van der Waals surface area contributed by atoms with E-state index in [1.54, 1.807) is 35.3 Å². The molecule has 2 aromatic heterocycles. The standard InChI is InChI=1S/C12H11N5O2/c1-17-6-14-5-9(17)11-15-12(19-16-11)7-3-2-4-8(13)10(7)18/h2-6,18H,13H2,1H3. The van der Waals surface area contributed by atoms with E-state index in [9.17, 15) is 5.11 Å². The Bertz CT molecular complexity index is 731. The first-order valence-corrected chi connectivity index (χ1v) is 5.55. The minimum Gasteiger partial charge on any atom is -0.505 e. The number of aromatic hydroxyl groups is 1. The molecule has 0 aliphatic rings. The van der Waals surface area contributed by atoms with E-state index in [1.165, 1.54) is 0 Å². The van der Waals surface area contributed by atoms with E-state index in [1.807, 2.05) is 7.05 Å². The van der Waals surface area contributed by atoms with Crippen molar-refractivity contribution >= 4 is 5.69 Å². The highest BCUT2D eigenvalue weighted by molar-refractivity contribution is 5.72. The van der Waals surface area contributed by atoms with Gasteiger partial charge in [0.15, 0.2) is 5.75 Å². The maximum Gasteiger partial charge on any atom is 0.262 e. The van der Waals surface area contributed by atoms with Crippen LogP contribution in [0.1, 0.15) is 0 Å². The maximum atomic E-state index is 9.88. The Hall–Kier alpha value is -2.83. The van der Waals surface area contributed by atoms with Crippen LogP contribution in [0.25, 0.3) is 23.0 Å². The van der Waals surface area contributed by atoms with E-state index in [0.29, 0.717) is 11.4 Å². The van der Waals surface area contributed by atoms with Gasteiger partial charge in [-0.2, -0.15) is 4.98 Å². The van der Waals surface area contributed by atoms with Crippen molar-refractivity contribution in [2.45, 2.75) is 0 Å². The molecule has 3 N–H and O–H groups in total. The zero-order valence-electron chi connectivity index (χ0n) is 10.1. The van der Waals surface area contributed by atoms with E-state index >= 15 is 0 Å². The largest absolute Gasteiger partial charge is 0.505 e. The first-order valence-electron chi connectivity index (χ1n) is 5.55. The number of benzene rings is 1. The molecule has 3 rings (SSSR count). The van der Waals surface area contributed by atoms with Crippen LogP contribution < -0.4 is 5.73 Å². The van der Waals surface area contributed by atoms with Gasteiger partial charge in [0, 0.05) is 7.05 Å². The Balaban J connectivity index is 2.07. The summed E-state index contributed by atoms with van der Waals surface area (Å²) in [5.74, 6) is 0.542. The molecule has 0 fully saturated rings. The summed E-state index contributed by atoms with van der Waals surface area (Å²) in [6, 6.07) is 4.96. The van der Waals surface area contributed by atoms with Gasteiger partial charge in [-0.15, -0.1) is 0 Å². The van der Waals surface area contributed by atoms with Crippen molar-refractivity contribution in [3.63, 3.8) is 0 Å². The van der Waals surface area contributed by atoms with E-state index in [2.05, 4.69) is 15.1 Å². The van der Waals surface area contributed by atoms with E-state index in [-0.39, 0.29) is 17.3 Å². The number of hydrogen-bond donors (Lipinski definition) is 2. The SMILES string of the molecule is Cn1cncc1-c1noc(-c2cccc(N)c2O)n1. The van der Waals surface area contributed by atoms with Gasteiger partial charge in [0.25, 0.3) is 5.89 Å². The van der Waals surface area contributed by atoms with Crippen LogP contribution in [0.15, 0.2) is 35.2 Å². The molecule has 0 unspecified atom stereocenters. The van der Waals surface area contributed by atoms with Gasteiger partial charge in [-0.3, -0.25) is 0 Å². The van der Waals surface area contributed by atoms with E-state index in [0.717, 1.165) is 5.69 Å². The van der Waals surface area contributed by atoms with Gasteiger partial charge in [0.05, 0.1) is 23.8 Å².